The fourth-order valence-corrected chi connectivity index (χ4v) is 3.02. The van der Waals surface area contributed by atoms with Gasteiger partial charge in [0, 0.05) is 13.5 Å². The third kappa shape index (κ3) is 6.92. The molecule has 0 radical (unpaired) electrons. The van der Waals surface area contributed by atoms with E-state index in [0.717, 1.165) is 10.8 Å². The Bertz CT molecular complexity index is 408. The van der Waals surface area contributed by atoms with Crippen LogP contribution in [0.1, 0.15) is 19.3 Å². The van der Waals surface area contributed by atoms with E-state index in [9.17, 15) is 26.4 Å². The van der Waals surface area contributed by atoms with Gasteiger partial charge in [-0.05, 0) is 25.6 Å². The SMILES string of the molecule is CO[Si](C)(C)CCCCC(=O)NS(=O)(=O)C(F)(F)F. The summed E-state index contributed by atoms with van der Waals surface area (Å²) in [5.41, 5.74) is -5.46. The lowest BCUT2D eigenvalue weighted by Gasteiger charge is -2.19. The minimum absolute atomic E-state index is 0.260. The van der Waals surface area contributed by atoms with Gasteiger partial charge in [0.15, 0.2) is 8.32 Å². The van der Waals surface area contributed by atoms with E-state index in [4.69, 9.17) is 4.43 Å². The topological polar surface area (TPSA) is 72.5 Å². The lowest BCUT2D eigenvalue weighted by Crippen LogP contribution is -2.40. The summed E-state index contributed by atoms with van der Waals surface area (Å²) in [6.07, 6.45) is 0.662. The van der Waals surface area contributed by atoms with Crippen LogP contribution in [0.5, 0.6) is 0 Å². The molecule has 0 heterocycles. The Morgan fingerprint density at radius 3 is 2.21 bits per heavy atom. The lowest BCUT2D eigenvalue weighted by atomic mass is 10.2. The maximum Gasteiger partial charge on any atom is 0.516 e. The highest BCUT2D eigenvalue weighted by molar-refractivity contribution is 7.90. The highest BCUT2D eigenvalue weighted by Gasteiger charge is 2.46. The maximum absolute atomic E-state index is 12.0. The van der Waals surface area contributed by atoms with Crippen LogP contribution in [0.2, 0.25) is 19.1 Å². The van der Waals surface area contributed by atoms with E-state index in [1.54, 1.807) is 7.11 Å². The Hall–Kier alpha value is -0.613. The van der Waals surface area contributed by atoms with E-state index in [-0.39, 0.29) is 6.42 Å². The number of carbonyl (C=O) groups is 1. The lowest BCUT2D eigenvalue weighted by molar-refractivity contribution is -0.120. The second-order valence-electron chi connectivity index (χ2n) is 4.65. The minimum atomic E-state index is -5.58. The second-order valence-corrected chi connectivity index (χ2v) is 10.7. The van der Waals surface area contributed by atoms with Crippen molar-refractivity contribution in [1.82, 2.24) is 4.72 Å². The Morgan fingerprint density at radius 2 is 1.79 bits per heavy atom. The number of halogens is 3. The zero-order valence-electron chi connectivity index (χ0n) is 11.0. The number of unbranched alkanes of at least 4 members (excludes halogenated alkanes) is 1. The summed E-state index contributed by atoms with van der Waals surface area (Å²) >= 11 is 0. The molecular formula is C9H18F3NO4SSi. The molecule has 0 saturated carbocycles. The van der Waals surface area contributed by atoms with Gasteiger partial charge in [-0.2, -0.15) is 21.6 Å². The molecule has 1 N–H and O–H groups in total. The van der Waals surface area contributed by atoms with Gasteiger partial charge in [-0.25, -0.2) is 4.72 Å². The standard InChI is InChI=1S/C9H18F3NO4SSi/c1-17-19(2,3)7-5-4-6-8(14)13-18(15,16)9(10,11)12/h4-7H2,1-3H3,(H,13,14). The van der Waals surface area contributed by atoms with Crippen molar-refractivity contribution < 1.29 is 30.8 Å². The molecule has 0 unspecified atom stereocenters. The summed E-state index contributed by atoms with van der Waals surface area (Å²) in [5.74, 6) is -1.14. The molecule has 5 nitrogen and oxygen atoms in total. The molecule has 0 aromatic carbocycles. The first-order valence-electron chi connectivity index (χ1n) is 5.58. The van der Waals surface area contributed by atoms with Crippen molar-refractivity contribution in [2.75, 3.05) is 7.11 Å². The zero-order valence-corrected chi connectivity index (χ0v) is 12.8. The first kappa shape index (κ1) is 18.4. The number of amides is 1. The van der Waals surface area contributed by atoms with Crippen molar-refractivity contribution in [3.8, 4) is 0 Å². The van der Waals surface area contributed by atoms with Crippen molar-refractivity contribution in [1.29, 1.82) is 0 Å². The van der Waals surface area contributed by atoms with E-state index in [0.29, 0.717) is 12.8 Å². The van der Waals surface area contributed by atoms with Gasteiger partial charge in [0.2, 0.25) is 5.91 Å². The number of hydrogen-bond donors (Lipinski definition) is 1. The van der Waals surface area contributed by atoms with E-state index in [2.05, 4.69) is 0 Å². The molecule has 1 amide bonds. The van der Waals surface area contributed by atoms with Gasteiger partial charge in [-0.3, -0.25) is 4.79 Å². The van der Waals surface area contributed by atoms with Crippen LogP contribution in [-0.4, -0.2) is 35.3 Å². The predicted octanol–water partition coefficient (Wildman–Crippen LogP) is 1.97. The number of rotatable bonds is 7. The number of hydrogen-bond acceptors (Lipinski definition) is 4. The summed E-state index contributed by atoms with van der Waals surface area (Å²) in [4.78, 5) is 11.1. The molecule has 0 bridgehead atoms. The average Bonchev–Trinajstić information content (AvgIpc) is 2.22. The van der Waals surface area contributed by atoms with Crippen LogP contribution in [0.15, 0.2) is 0 Å². The molecule has 0 aromatic heterocycles. The molecule has 0 aliphatic rings. The molecule has 0 fully saturated rings. The first-order valence-corrected chi connectivity index (χ1v) is 10.2. The number of sulfonamides is 1. The Kier molecular flexibility index (Phi) is 6.49. The van der Waals surface area contributed by atoms with Crippen molar-refractivity contribution >= 4 is 24.2 Å². The number of alkyl halides is 3. The number of nitrogens with one attached hydrogen (secondary N) is 1. The van der Waals surface area contributed by atoms with E-state index < -0.39 is 29.8 Å². The summed E-state index contributed by atoms with van der Waals surface area (Å²) in [6, 6.07) is 0.753. The average molecular weight is 321 g/mol. The van der Waals surface area contributed by atoms with Crippen LogP contribution in [-0.2, 0) is 19.2 Å². The normalized spacial score (nSPS) is 13.4. The third-order valence-electron chi connectivity index (χ3n) is 2.54. The quantitative estimate of drug-likeness (QED) is 0.575. The van der Waals surface area contributed by atoms with Crippen LogP contribution in [0.4, 0.5) is 13.2 Å². The molecule has 19 heavy (non-hydrogen) atoms. The summed E-state index contributed by atoms with van der Waals surface area (Å²) in [5, 5.41) is 0. The van der Waals surface area contributed by atoms with Crippen molar-refractivity contribution in [2.24, 2.45) is 0 Å². The first-order chi connectivity index (χ1) is 8.41. The van der Waals surface area contributed by atoms with Crippen LogP contribution < -0.4 is 4.72 Å². The van der Waals surface area contributed by atoms with Crippen molar-refractivity contribution in [2.45, 2.75) is 43.9 Å². The monoisotopic (exact) mass is 321 g/mol. The van der Waals surface area contributed by atoms with E-state index >= 15 is 0 Å². The highest BCUT2D eigenvalue weighted by atomic mass is 32.2. The van der Waals surface area contributed by atoms with Crippen molar-refractivity contribution in [3.63, 3.8) is 0 Å². The smallest absolute Gasteiger partial charge is 0.420 e. The summed E-state index contributed by atoms with van der Waals surface area (Å²) in [7, 11) is -5.75. The second kappa shape index (κ2) is 6.71. The molecule has 0 saturated heterocycles. The largest absolute Gasteiger partial charge is 0.516 e. The van der Waals surface area contributed by atoms with Gasteiger partial charge in [-0.15, -0.1) is 0 Å². The molecule has 0 rings (SSSR count). The van der Waals surface area contributed by atoms with Crippen LogP contribution in [0, 0.1) is 0 Å². The van der Waals surface area contributed by atoms with E-state index in [1.165, 1.54) is 0 Å². The predicted molar refractivity (Wildman–Crippen MR) is 66.3 cm³/mol. The fraction of sp³-hybridized carbons (Fsp3) is 0.889. The molecule has 0 atom stereocenters. The van der Waals surface area contributed by atoms with Crippen LogP contribution in [0.25, 0.3) is 0 Å². The number of carbonyl (C=O) groups excluding carboxylic acids is 1. The molecule has 10 heteroatoms. The highest BCUT2D eigenvalue weighted by Crippen LogP contribution is 2.21. The Balaban J connectivity index is 4.10. The molecule has 114 valence electrons. The molecule has 0 spiro atoms. The van der Waals surface area contributed by atoms with Crippen LogP contribution in [0.3, 0.4) is 0 Å². The molecular weight excluding hydrogens is 303 g/mol. The molecule has 0 aliphatic carbocycles. The Labute approximate surface area is 111 Å². The van der Waals surface area contributed by atoms with Crippen molar-refractivity contribution in [3.05, 3.63) is 0 Å². The Morgan fingerprint density at radius 1 is 1.26 bits per heavy atom. The molecule has 0 aliphatic heterocycles. The molecule has 0 aromatic rings. The van der Waals surface area contributed by atoms with Gasteiger partial charge in [0.05, 0.1) is 0 Å². The van der Waals surface area contributed by atoms with Gasteiger partial charge < -0.3 is 4.43 Å². The zero-order chi connectivity index (χ0) is 15.3. The van der Waals surface area contributed by atoms with Gasteiger partial charge in [-0.1, -0.05) is 6.42 Å². The third-order valence-corrected chi connectivity index (χ3v) is 6.31. The van der Waals surface area contributed by atoms with Crippen LogP contribution >= 0.6 is 0 Å². The minimum Gasteiger partial charge on any atom is -0.420 e. The van der Waals surface area contributed by atoms with Gasteiger partial charge in [0.1, 0.15) is 0 Å². The maximum atomic E-state index is 12.0. The fourth-order valence-electron chi connectivity index (χ4n) is 1.20. The summed E-state index contributed by atoms with van der Waals surface area (Å²) in [6.45, 7) is 3.95. The van der Waals surface area contributed by atoms with E-state index in [1.807, 2.05) is 13.1 Å². The summed E-state index contributed by atoms with van der Waals surface area (Å²) < 4.78 is 63.4. The van der Waals surface area contributed by atoms with Gasteiger partial charge >= 0.3 is 15.5 Å². The van der Waals surface area contributed by atoms with Gasteiger partial charge in [0.25, 0.3) is 0 Å².